The van der Waals surface area contributed by atoms with Crippen molar-refractivity contribution >= 4 is 19.9 Å². The highest BCUT2D eigenvalue weighted by Crippen LogP contribution is 2.33. The number of nitrogens with one attached hydrogen (secondary N) is 1. The molecular weight excluding hydrogens is 288 g/mol. The summed E-state index contributed by atoms with van der Waals surface area (Å²) in [4.78, 5) is 0. The fourth-order valence-electron chi connectivity index (χ4n) is 2.53. The third kappa shape index (κ3) is 5.02. The average molecular weight is 312 g/mol. The molecule has 0 bridgehead atoms. The van der Waals surface area contributed by atoms with Gasteiger partial charge >= 0.3 is 0 Å². The molecule has 19 heavy (non-hydrogen) atoms. The Kier molecular flexibility index (Phi) is 5.39. The predicted octanol–water partition coefficient (Wildman–Crippen LogP) is -0.142. The summed E-state index contributed by atoms with van der Waals surface area (Å²) in [5.41, 5.74) is 5.16. The van der Waals surface area contributed by atoms with Gasteiger partial charge in [0.25, 0.3) is 0 Å². The largest absolute Gasteiger partial charge is 0.329 e. The van der Waals surface area contributed by atoms with Crippen molar-refractivity contribution in [2.24, 2.45) is 11.7 Å². The van der Waals surface area contributed by atoms with Gasteiger partial charge in [0.1, 0.15) is 9.84 Å². The molecule has 1 fully saturated rings. The number of hydrogen-bond acceptors (Lipinski definition) is 5. The fourth-order valence-corrected chi connectivity index (χ4v) is 5.73. The first kappa shape index (κ1) is 16.9. The molecule has 2 unspecified atom stereocenters. The first-order valence-corrected chi connectivity index (χ1v) is 10.2. The topological polar surface area (TPSA) is 106 Å². The molecule has 1 aliphatic rings. The Morgan fingerprint density at radius 2 is 1.84 bits per heavy atom. The number of rotatable bonds is 6. The van der Waals surface area contributed by atoms with E-state index >= 15 is 0 Å². The summed E-state index contributed by atoms with van der Waals surface area (Å²) in [5.74, 6) is -0.600. The van der Waals surface area contributed by atoms with Crippen LogP contribution in [0.15, 0.2) is 0 Å². The maximum atomic E-state index is 12.0. The summed E-state index contributed by atoms with van der Waals surface area (Å²) in [6, 6.07) is 0. The summed E-state index contributed by atoms with van der Waals surface area (Å²) in [6.45, 7) is 2.23. The molecule has 0 aromatic carbocycles. The highest BCUT2D eigenvalue weighted by atomic mass is 32.2. The summed E-state index contributed by atoms with van der Waals surface area (Å²) in [5, 5.41) is 0. The Labute approximate surface area is 116 Å². The minimum Gasteiger partial charge on any atom is -0.329 e. The normalized spacial score (nSPS) is 29.3. The summed E-state index contributed by atoms with van der Waals surface area (Å²) in [7, 11) is -6.92. The fraction of sp³-hybridized carbons (Fsp3) is 1.00. The molecule has 8 heteroatoms. The lowest BCUT2D eigenvalue weighted by Crippen LogP contribution is -2.59. The molecule has 0 saturated heterocycles. The van der Waals surface area contributed by atoms with E-state index in [0.717, 1.165) is 25.5 Å². The van der Waals surface area contributed by atoms with Crippen molar-refractivity contribution in [3.05, 3.63) is 0 Å². The predicted molar refractivity (Wildman–Crippen MR) is 76.1 cm³/mol. The van der Waals surface area contributed by atoms with Crippen LogP contribution in [0.2, 0.25) is 0 Å². The highest BCUT2D eigenvalue weighted by Gasteiger charge is 2.40. The molecule has 0 radical (unpaired) electrons. The quantitative estimate of drug-likeness (QED) is 0.710. The molecule has 1 rings (SSSR count). The smallest absolute Gasteiger partial charge is 0.213 e. The van der Waals surface area contributed by atoms with Crippen LogP contribution in [-0.4, -0.2) is 46.7 Å². The SMILES string of the molecule is CC1CCCCC1(CN)NS(=O)(=O)CCS(C)(=O)=O. The van der Waals surface area contributed by atoms with Crippen LogP contribution in [0.4, 0.5) is 0 Å². The van der Waals surface area contributed by atoms with Gasteiger partial charge in [-0.05, 0) is 18.8 Å². The minimum atomic E-state index is -3.63. The van der Waals surface area contributed by atoms with Crippen LogP contribution in [0, 0.1) is 5.92 Å². The minimum absolute atomic E-state index is 0.166. The lowest BCUT2D eigenvalue weighted by atomic mass is 9.74. The van der Waals surface area contributed by atoms with Gasteiger partial charge in [0.05, 0.1) is 11.5 Å². The van der Waals surface area contributed by atoms with E-state index in [2.05, 4.69) is 4.72 Å². The molecule has 0 aromatic heterocycles. The van der Waals surface area contributed by atoms with Crippen molar-refractivity contribution in [1.82, 2.24) is 4.72 Å². The van der Waals surface area contributed by atoms with Crippen LogP contribution in [0.3, 0.4) is 0 Å². The zero-order valence-corrected chi connectivity index (χ0v) is 13.2. The third-order valence-corrected chi connectivity index (χ3v) is 6.56. The van der Waals surface area contributed by atoms with Crippen LogP contribution in [-0.2, 0) is 19.9 Å². The van der Waals surface area contributed by atoms with E-state index < -0.39 is 31.2 Å². The second-order valence-electron chi connectivity index (χ2n) is 5.56. The first-order valence-electron chi connectivity index (χ1n) is 6.50. The van der Waals surface area contributed by atoms with E-state index in [-0.39, 0.29) is 18.2 Å². The van der Waals surface area contributed by atoms with Gasteiger partial charge in [-0.3, -0.25) is 0 Å². The molecule has 0 spiro atoms. The Morgan fingerprint density at radius 1 is 1.21 bits per heavy atom. The van der Waals surface area contributed by atoms with Crippen molar-refractivity contribution in [3.8, 4) is 0 Å². The van der Waals surface area contributed by atoms with Gasteiger partial charge in [0.2, 0.25) is 10.0 Å². The number of nitrogens with two attached hydrogens (primary N) is 1. The average Bonchev–Trinajstić information content (AvgIpc) is 2.29. The van der Waals surface area contributed by atoms with E-state index in [9.17, 15) is 16.8 Å². The van der Waals surface area contributed by atoms with Crippen molar-refractivity contribution < 1.29 is 16.8 Å². The lowest BCUT2D eigenvalue weighted by Gasteiger charge is -2.42. The zero-order valence-electron chi connectivity index (χ0n) is 11.6. The number of sulfonamides is 1. The molecule has 1 saturated carbocycles. The summed E-state index contributed by atoms with van der Waals surface area (Å²) >= 11 is 0. The number of sulfone groups is 1. The highest BCUT2D eigenvalue weighted by molar-refractivity contribution is 7.93. The Balaban J connectivity index is 2.79. The molecule has 0 heterocycles. The molecule has 2 atom stereocenters. The Bertz CT molecular complexity index is 501. The van der Waals surface area contributed by atoms with E-state index in [1.807, 2.05) is 6.92 Å². The van der Waals surface area contributed by atoms with Gasteiger partial charge in [-0.1, -0.05) is 19.8 Å². The monoisotopic (exact) mass is 312 g/mol. The van der Waals surface area contributed by atoms with Gasteiger partial charge < -0.3 is 5.73 Å². The standard InChI is InChI=1S/C11H24N2O4S2/c1-10-5-3-4-6-11(10,9-12)13-19(16,17)8-7-18(2,14)15/h10,13H,3-9,12H2,1-2H3. The first-order chi connectivity index (χ1) is 8.60. The molecule has 0 aromatic rings. The maximum Gasteiger partial charge on any atom is 0.213 e. The molecule has 3 N–H and O–H groups in total. The van der Waals surface area contributed by atoms with Crippen molar-refractivity contribution in [2.75, 3.05) is 24.3 Å². The summed E-state index contributed by atoms with van der Waals surface area (Å²) < 4.78 is 48.8. The van der Waals surface area contributed by atoms with E-state index in [1.165, 1.54) is 0 Å². The van der Waals surface area contributed by atoms with Gasteiger partial charge in [0.15, 0.2) is 0 Å². The zero-order chi connectivity index (χ0) is 14.7. The lowest BCUT2D eigenvalue weighted by molar-refractivity contribution is 0.191. The van der Waals surface area contributed by atoms with Crippen molar-refractivity contribution in [3.63, 3.8) is 0 Å². The van der Waals surface area contributed by atoms with Gasteiger partial charge in [-0.15, -0.1) is 0 Å². The van der Waals surface area contributed by atoms with Crippen LogP contribution in [0.5, 0.6) is 0 Å². The van der Waals surface area contributed by atoms with E-state index in [0.29, 0.717) is 6.42 Å². The van der Waals surface area contributed by atoms with Crippen LogP contribution < -0.4 is 10.5 Å². The van der Waals surface area contributed by atoms with E-state index in [4.69, 9.17) is 5.73 Å². The second kappa shape index (κ2) is 6.07. The van der Waals surface area contributed by atoms with Gasteiger partial charge in [-0.2, -0.15) is 0 Å². The van der Waals surface area contributed by atoms with Crippen LogP contribution in [0.25, 0.3) is 0 Å². The van der Waals surface area contributed by atoms with Gasteiger partial charge in [-0.25, -0.2) is 21.6 Å². The molecule has 6 nitrogen and oxygen atoms in total. The molecule has 1 aliphatic carbocycles. The summed E-state index contributed by atoms with van der Waals surface area (Å²) in [6.07, 6.45) is 4.70. The second-order valence-corrected chi connectivity index (χ2v) is 9.66. The van der Waals surface area contributed by atoms with Crippen LogP contribution in [0.1, 0.15) is 32.6 Å². The van der Waals surface area contributed by atoms with Crippen molar-refractivity contribution in [2.45, 2.75) is 38.1 Å². The molecule has 0 amide bonds. The van der Waals surface area contributed by atoms with Crippen molar-refractivity contribution in [1.29, 1.82) is 0 Å². The van der Waals surface area contributed by atoms with Gasteiger partial charge in [0, 0.05) is 18.3 Å². The Hall–Kier alpha value is -0.180. The number of hydrogen-bond donors (Lipinski definition) is 2. The molecule has 114 valence electrons. The molecular formula is C11H24N2O4S2. The van der Waals surface area contributed by atoms with Crippen LogP contribution >= 0.6 is 0 Å². The Morgan fingerprint density at radius 3 is 2.32 bits per heavy atom. The molecule has 0 aliphatic heterocycles. The van der Waals surface area contributed by atoms with E-state index in [1.54, 1.807) is 0 Å². The third-order valence-electron chi connectivity index (χ3n) is 3.90. The maximum absolute atomic E-state index is 12.0.